The molecule has 1 heteroatoms. The Morgan fingerprint density at radius 2 is 2.50 bits per heavy atom. The minimum absolute atomic E-state index is 0.929. The topological polar surface area (TPSA) is 12.0 Å². The summed E-state index contributed by atoms with van der Waals surface area (Å²) in [6.45, 7) is 1.18. The maximum atomic E-state index is 3.41. The molecule has 2 aliphatic carbocycles. The van der Waals surface area contributed by atoms with Crippen molar-refractivity contribution in [3.05, 3.63) is 23.4 Å². The molecule has 1 heterocycles. The molecule has 0 aromatic heterocycles. The van der Waals surface area contributed by atoms with Gasteiger partial charge in [0.25, 0.3) is 0 Å². The van der Waals surface area contributed by atoms with E-state index in [1.165, 1.54) is 25.1 Å². The number of allylic oxidation sites excluding steroid dienone is 2. The Labute approximate surface area is 60.8 Å². The minimum Gasteiger partial charge on any atom is -0.385 e. The smallest absolute Gasteiger partial charge is 0.0332 e. The second kappa shape index (κ2) is 1.47. The van der Waals surface area contributed by atoms with Crippen LogP contribution in [0.25, 0.3) is 0 Å². The van der Waals surface area contributed by atoms with Crippen LogP contribution in [0.15, 0.2) is 23.4 Å². The highest BCUT2D eigenvalue weighted by Gasteiger charge is 2.41. The second-order valence-electron chi connectivity index (χ2n) is 3.48. The Kier molecular flexibility index (Phi) is 0.735. The molecule has 0 saturated heterocycles. The zero-order chi connectivity index (χ0) is 6.55. The molecular formula is C9H11N. The largest absolute Gasteiger partial charge is 0.385 e. The summed E-state index contributed by atoms with van der Waals surface area (Å²) >= 11 is 0. The summed E-state index contributed by atoms with van der Waals surface area (Å²) in [5, 5.41) is 3.41. The normalized spacial score (nSPS) is 40.8. The van der Waals surface area contributed by atoms with Crippen LogP contribution in [-0.2, 0) is 0 Å². The van der Waals surface area contributed by atoms with E-state index in [2.05, 4.69) is 17.5 Å². The third-order valence-electron chi connectivity index (χ3n) is 2.85. The van der Waals surface area contributed by atoms with E-state index in [0.717, 1.165) is 11.8 Å². The van der Waals surface area contributed by atoms with E-state index in [0.29, 0.717) is 0 Å². The third-order valence-corrected chi connectivity index (χ3v) is 2.85. The molecule has 3 aliphatic rings. The van der Waals surface area contributed by atoms with Gasteiger partial charge in [0.2, 0.25) is 0 Å². The van der Waals surface area contributed by atoms with Crippen molar-refractivity contribution in [2.24, 2.45) is 11.8 Å². The molecule has 0 amide bonds. The average molecular weight is 133 g/mol. The lowest BCUT2D eigenvalue weighted by atomic mass is 10.0. The molecular weight excluding hydrogens is 122 g/mol. The van der Waals surface area contributed by atoms with Crippen LogP contribution in [0.2, 0.25) is 0 Å². The fraction of sp³-hybridized carbons (Fsp3) is 0.556. The van der Waals surface area contributed by atoms with Gasteiger partial charge in [0.1, 0.15) is 0 Å². The first-order valence-corrected chi connectivity index (χ1v) is 4.10. The molecule has 10 heavy (non-hydrogen) atoms. The van der Waals surface area contributed by atoms with Crippen LogP contribution in [0.5, 0.6) is 0 Å². The summed E-state index contributed by atoms with van der Waals surface area (Å²) in [6, 6.07) is 0. The van der Waals surface area contributed by atoms with E-state index in [-0.39, 0.29) is 0 Å². The lowest BCUT2D eigenvalue weighted by Crippen LogP contribution is -2.05. The van der Waals surface area contributed by atoms with E-state index >= 15 is 0 Å². The molecule has 0 radical (unpaired) electrons. The lowest BCUT2D eigenvalue weighted by molar-refractivity contribution is 0.846. The summed E-state index contributed by atoms with van der Waals surface area (Å²) in [4.78, 5) is 0. The number of nitrogens with one attached hydrogen (secondary N) is 1. The molecule has 2 atom stereocenters. The molecule has 1 nitrogen and oxygen atoms in total. The first kappa shape index (κ1) is 5.00. The van der Waals surface area contributed by atoms with Crippen LogP contribution < -0.4 is 5.32 Å². The van der Waals surface area contributed by atoms with Crippen molar-refractivity contribution in [2.75, 3.05) is 6.54 Å². The van der Waals surface area contributed by atoms with Gasteiger partial charge in [0.15, 0.2) is 0 Å². The van der Waals surface area contributed by atoms with Gasteiger partial charge >= 0.3 is 0 Å². The first-order chi connectivity index (χ1) is 4.95. The van der Waals surface area contributed by atoms with Gasteiger partial charge < -0.3 is 5.32 Å². The van der Waals surface area contributed by atoms with Crippen LogP contribution in [0.4, 0.5) is 0 Å². The van der Waals surface area contributed by atoms with Gasteiger partial charge in [-0.3, -0.25) is 0 Å². The van der Waals surface area contributed by atoms with Gasteiger partial charge in [-0.1, -0.05) is 6.08 Å². The van der Waals surface area contributed by atoms with Gasteiger partial charge in [-0.25, -0.2) is 0 Å². The lowest BCUT2D eigenvalue weighted by Gasteiger charge is -2.05. The van der Waals surface area contributed by atoms with Crippen molar-refractivity contribution in [1.82, 2.24) is 5.32 Å². The highest BCUT2D eigenvalue weighted by Crippen LogP contribution is 2.50. The number of fused-ring (bicyclic) bond motifs is 2. The molecule has 0 bridgehead atoms. The van der Waals surface area contributed by atoms with Crippen molar-refractivity contribution >= 4 is 0 Å². The predicted molar refractivity (Wildman–Crippen MR) is 40.4 cm³/mol. The van der Waals surface area contributed by atoms with Crippen LogP contribution in [0.3, 0.4) is 0 Å². The van der Waals surface area contributed by atoms with Crippen LogP contribution in [0, 0.1) is 11.8 Å². The molecule has 1 aliphatic heterocycles. The standard InChI is InChI=1S/C9H11N/c1-2-9-7(3-4-10-9)8-5-6(1)8/h1-2,6,8,10H,3-5H2. The van der Waals surface area contributed by atoms with Crippen molar-refractivity contribution in [1.29, 1.82) is 0 Å². The predicted octanol–water partition coefficient (Wildman–Crippen LogP) is 1.44. The Balaban J connectivity index is 2.07. The summed E-state index contributed by atoms with van der Waals surface area (Å²) in [5.41, 5.74) is 3.16. The molecule has 0 aromatic rings. The van der Waals surface area contributed by atoms with E-state index in [1.807, 2.05) is 0 Å². The molecule has 1 fully saturated rings. The zero-order valence-electron chi connectivity index (χ0n) is 5.93. The Hall–Kier alpha value is -0.720. The van der Waals surface area contributed by atoms with Gasteiger partial charge in [0.05, 0.1) is 0 Å². The summed E-state index contributed by atoms with van der Waals surface area (Å²) in [7, 11) is 0. The van der Waals surface area contributed by atoms with Crippen LogP contribution >= 0.6 is 0 Å². The fourth-order valence-electron chi connectivity index (χ4n) is 2.18. The van der Waals surface area contributed by atoms with Crippen molar-refractivity contribution < 1.29 is 0 Å². The number of hydrogen-bond acceptors (Lipinski definition) is 1. The molecule has 3 rings (SSSR count). The van der Waals surface area contributed by atoms with Gasteiger partial charge in [-0.05, 0) is 36.3 Å². The maximum Gasteiger partial charge on any atom is 0.0332 e. The molecule has 52 valence electrons. The van der Waals surface area contributed by atoms with Crippen LogP contribution in [-0.4, -0.2) is 6.54 Å². The molecule has 0 aromatic carbocycles. The van der Waals surface area contributed by atoms with Crippen LogP contribution in [0.1, 0.15) is 12.8 Å². The average Bonchev–Trinajstić information content (AvgIpc) is 2.60. The molecule has 1 N–H and O–H groups in total. The summed E-state index contributed by atoms with van der Waals surface area (Å²) in [5.74, 6) is 1.88. The Bertz CT molecular complexity index is 237. The molecule has 2 unspecified atom stereocenters. The maximum absolute atomic E-state index is 3.41. The Morgan fingerprint density at radius 3 is 3.50 bits per heavy atom. The van der Waals surface area contributed by atoms with Crippen molar-refractivity contribution in [3.63, 3.8) is 0 Å². The van der Waals surface area contributed by atoms with E-state index in [1.54, 1.807) is 5.57 Å². The zero-order valence-corrected chi connectivity index (χ0v) is 5.93. The fourth-order valence-corrected chi connectivity index (χ4v) is 2.18. The second-order valence-corrected chi connectivity index (χ2v) is 3.48. The quantitative estimate of drug-likeness (QED) is 0.527. The summed E-state index contributed by atoms with van der Waals surface area (Å²) < 4.78 is 0. The van der Waals surface area contributed by atoms with E-state index in [9.17, 15) is 0 Å². The minimum atomic E-state index is 0.929. The van der Waals surface area contributed by atoms with E-state index < -0.39 is 0 Å². The third kappa shape index (κ3) is 0.487. The molecule has 0 spiro atoms. The van der Waals surface area contributed by atoms with Crippen molar-refractivity contribution in [2.45, 2.75) is 12.8 Å². The van der Waals surface area contributed by atoms with Gasteiger partial charge in [-0.2, -0.15) is 0 Å². The summed E-state index contributed by atoms with van der Waals surface area (Å²) in [6.07, 6.45) is 7.37. The highest BCUT2D eigenvalue weighted by molar-refractivity contribution is 5.39. The van der Waals surface area contributed by atoms with E-state index in [4.69, 9.17) is 0 Å². The van der Waals surface area contributed by atoms with Gasteiger partial charge in [0, 0.05) is 12.2 Å². The van der Waals surface area contributed by atoms with Gasteiger partial charge in [-0.15, -0.1) is 0 Å². The van der Waals surface area contributed by atoms with Crippen molar-refractivity contribution in [3.8, 4) is 0 Å². The number of rotatable bonds is 0. The SMILES string of the molecule is C1=CC2CC2C2=C1NCC2. The Morgan fingerprint density at radius 1 is 1.50 bits per heavy atom. The first-order valence-electron chi connectivity index (χ1n) is 4.10. The monoisotopic (exact) mass is 133 g/mol. The highest BCUT2D eigenvalue weighted by atomic mass is 14.9. The molecule has 1 saturated carbocycles. The number of hydrogen-bond donors (Lipinski definition) is 1.